The third-order valence-corrected chi connectivity index (χ3v) is 6.05. The van der Waals surface area contributed by atoms with Crippen molar-refractivity contribution in [3.05, 3.63) is 54.1 Å². The Morgan fingerprint density at radius 3 is 2.56 bits per heavy atom. The second-order valence-corrected chi connectivity index (χ2v) is 8.66. The predicted octanol–water partition coefficient (Wildman–Crippen LogP) is 3.55. The number of nitrogens with one attached hydrogen (secondary N) is 1. The SMILES string of the molecule is Cc1ccc(Oc2ccccc2NC(=O)CC2CCS(=O)(=O)C2)cc1. The van der Waals surface area contributed by atoms with Crippen molar-refractivity contribution in [3.63, 3.8) is 0 Å². The summed E-state index contributed by atoms with van der Waals surface area (Å²) in [5.41, 5.74) is 1.72. The summed E-state index contributed by atoms with van der Waals surface area (Å²) < 4.78 is 28.9. The molecule has 1 aliphatic rings. The molecule has 1 saturated heterocycles. The van der Waals surface area contributed by atoms with Gasteiger partial charge in [-0.15, -0.1) is 0 Å². The number of hydrogen-bond donors (Lipinski definition) is 1. The number of benzene rings is 2. The van der Waals surface area contributed by atoms with Gasteiger partial charge in [0.05, 0.1) is 17.2 Å². The molecule has 0 aliphatic carbocycles. The van der Waals surface area contributed by atoms with Gasteiger partial charge in [-0.3, -0.25) is 4.79 Å². The molecule has 0 saturated carbocycles. The van der Waals surface area contributed by atoms with Crippen molar-refractivity contribution in [3.8, 4) is 11.5 Å². The second kappa shape index (κ2) is 7.27. The van der Waals surface area contributed by atoms with Gasteiger partial charge in [0.1, 0.15) is 5.75 Å². The number of para-hydroxylation sites is 2. The van der Waals surface area contributed by atoms with E-state index in [1.165, 1.54) is 0 Å². The highest BCUT2D eigenvalue weighted by atomic mass is 32.2. The first-order valence-electron chi connectivity index (χ1n) is 8.25. The summed E-state index contributed by atoms with van der Waals surface area (Å²) in [5.74, 6) is 1.23. The Kier molecular flexibility index (Phi) is 5.08. The molecule has 6 heteroatoms. The quantitative estimate of drug-likeness (QED) is 0.886. The normalized spacial score (nSPS) is 18.7. The Labute approximate surface area is 147 Å². The van der Waals surface area contributed by atoms with Crippen LogP contribution >= 0.6 is 0 Å². The van der Waals surface area contributed by atoms with E-state index in [-0.39, 0.29) is 29.8 Å². The molecule has 0 aromatic heterocycles. The van der Waals surface area contributed by atoms with Crippen molar-refractivity contribution >= 4 is 21.4 Å². The van der Waals surface area contributed by atoms with Crippen LogP contribution in [0.15, 0.2) is 48.5 Å². The molecule has 0 spiro atoms. The van der Waals surface area contributed by atoms with Gasteiger partial charge in [-0.05, 0) is 43.5 Å². The number of hydrogen-bond acceptors (Lipinski definition) is 4. The van der Waals surface area contributed by atoms with Gasteiger partial charge in [-0.1, -0.05) is 29.8 Å². The smallest absolute Gasteiger partial charge is 0.224 e. The van der Waals surface area contributed by atoms with E-state index >= 15 is 0 Å². The molecular weight excluding hydrogens is 338 g/mol. The van der Waals surface area contributed by atoms with Crippen LogP contribution in [0, 0.1) is 12.8 Å². The Balaban J connectivity index is 1.66. The highest BCUT2D eigenvalue weighted by Crippen LogP contribution is 2.30. The maximum atomic E-state index is 12.3. The number of aryl methyl sites for hydroxylation is 1. The number of amides is 1. The molecule has 1 fully saturated rings. The van der Waals surface area contributed by atoms with E-state index in [1.807, 2.05) is 43.3 Å². The topological polar surface area (TPSA) is 72.5 Å². The molecule has 0 bridgehead atoms. The molecule has 1 aliphatic heterocycles. The van der Waals surface area contributed by atoms with Crippen molar-refractivity contribution in [2.45, 2.75) is 19.8 Å². The van der Waals surface area contributed by atoms with Gasteiger partial charge in [-0.2, -0.15) is 0 Å². The van der Waals surface area contributed by atoms with Gasteiger partial charge in [0.2, 0.25) is 5.91 Å². The average molecular weight is 359 g/mol. The van der Waals surface area contributed by atoms with Crippen LogP contribution in [0.4, 0.5) is 5.69 Å². The van der Waals surface area contributed by atoms with Gasteiger partial charge in [0.25, 0.3) is 0 Å². The Morgan fingerprint density at radius 1 is 1.16 bits per heavy atom. The highest BCUT2D eigenvalue weighted by molar-refractivity contribution is 7.91. The fraction of sp³-hybridized carbons (Fsp3) is 0.316. The summed E-state index contributed by atoms with van der Waals surface area (Å²) in [6.45, 7) is 2.00. The number of sulfone groups is 1. The van der Waals surface area contributed by atoms with Crippen LogP contribution in [-0.2, 0) is 14.6 Å². The summed E-state index contributed by atoms with van der Waals surface area (Å²) in [7, 11) is -2.97. The van der Waals surface area contributed by atoms with E-state index < -0.39 is 9.84 Å². The van der Waals surface area contributed by atoms with Crippen LogP contribution in [0.25, 0.3) is 0 Å². The van der Waals surface area contributed by atoms with Crippen LogP contribution in [0.1, 0.15) is 18.4 Å². The first kappa shape index (κ1) is 17.5. The average Bonchev–Trinajstić information content (AvgIpc) is 2.90. The molecule has 1 atom stereocenters. The zero-order valence-electron chi connectivity index (χ0n) is 14.1. The Bertz CT molecular complexity index is 859. The molecule has 25 heavy (non-hydrogen) atoms. The molecule has 2 aromatic rings. The number of anilines is 1. The van der Waals surface area contributed by atoms with E-state index in [1.54, 1.807) is 12.1 Å². The van der Waals surface area contributed by atoms with Crippen molar-refractivity contribution in [1.82, 2.24) is 0 Å². The molecule has 3 rings (SSSR count). The lowest BCUT2D eigenvalue weighted by Gasteiger charge is -2.13. The summed E-state index contributed by atoms with van der Waals surface area (Å²) in [5, 5.41) is 2.84. The largest absolute Gasteiger partial charge is 0.455 e. The fourth-order valence-electron chi connectivity index (χ4n) is 2.89. The lowest BCUT2D eigenvalue weighted by atomic mass is 10.0. The summed E-state index contributed by atoms with van der Waals surface area (Å²) in [6, 6.07) is 14.9. The molecule has 1 N–H and O–H groups in total. The van der Waals surface area contributed by atoms with Gasteiger partial charge >= 0.3 is 0 Å². The molecule has 2 aromatic carbocycles. The summed E-state index contributed by atoms with van der Waals surface area (Å²) >= 11 is 0. The van der Waals surface area contributed by atoms with Gasteiger partial charge in [0, 0.05) is 6.42 Å². The Morgan fingerprint density at radius 2 is 1.88 bits per heavy atom. The predicted molar refractivity (Wildman–Crippen MR) is 97.7 cm³/mol. The van der Waals surface area contributed by atoms with Crippen LogP contribution in [-0.4, -0.2) is 25.8 Å². The van der Waals surface area contributed by atoms with Gasteiger partial charge in [-0.25, -0.2) is 8.42 Å². The monoisotopic (exact) mass is 359 g/mol. The van der Waals surface area contributed by atoms with Crippen LogP contribution in [0.2, 0.25) is 0 Å². The van der Waals surface area contributed by atoms with Crippen LogP contribution in [0.5, 0.6) is 11.5 Å². The fourth-order valence-corrected chi connectivity index (χ4v) is 4.75. The number of carbonyl (C=O) groups excluding carboxylic acids is 1. The van der Waals surface area contributed by atoms with Crippen molar-refractivity contribution < 1.29 is 17.9 Å². The van der Waals surface area contributed by atoms with Gasteiger partial charge in [0.15, 0.2) is 15.6 Å². The molecule has 132 valence electrons. The van der Waals surface area contributed by atoms with E-state index in [0.29, 0.717) is 23.6 Å². The molecule has 1 unspecified atom stereocenters. The standard InChI is InChI=1S/C19H21NO4S/c1-14-6-8-16(9-7-14)24-18-5-3-2-4-17(18)20-19(21)12-15-10-11-25(22,23)13-15/h2-9,15H,10-13H2,1H3,(H,20,21). The number of ether oxygens (including phenoxy) is 1. The summed E-state index contributed by atoms with van der Waals surface area (Å²) in [6.07, 6.45) is 0.759. The van der Waals surface area contributed by atoms with Crippen molar-refractivity contribution in [2.75, 3.05) is 16.8 Å². The first-order chi connectivity index (χ1) is 11.9. The summed E-state index contributed by atoms with van der Waals surface area (Å²) in [4.78, 5) is 12.3. The van der Waals surface area contributed by atoms with Crippen molar-refractivity contribution in [1.29, 1.82) is 0 Å². The van der Waals surface area contributed by atoms with E-state index in [4.69, 9.17) is 4.74 Å². The van der Waals surface area contributed by atoms with Crippen LogP contribution in [0.3, 0.4) is 0 Å². The molecule has 1 amide bonds. The molecule has 0 radical (unpaired) electrons. The molecular formula is C19H21NO4S. The van der Waals surface area contributed by atoms with Gasteiger partial charge < -0.3 is 10.1 Å². The lowest BCUT2D eigenvalue weighted by molar-refractivity contribution is -0.116. The minimum atomic E-state index is -2.97. The Hall–Kier alpha value is -2.34. The first-order valence-corrected chi connectivity index (χ1v) is 10.1. The zero-order chi connectivity index (χ0) is 17.9. The van der Waals surface area contributed by atoms with Crippen molar-refractivity contribution in [2.24, 2.45) is 5.92 Å². The second-order valence-electron chi connectivity index (χ2n) is 6.43. The number of carbonyl (C=O) groups is 1. The van der Waals surface area contributed by atoms with Crippen LogP contribution < -0.4 is 10.1 Å². The lowest BCUT2D eigenvalue weighted by Crippen LogP contribution is -2.17. The molecule has 5 nitrogen and oxygen atoms in total. The highest BCUT2D eigenvalue weighted by Gasteiger charge is 2.29. The maximum absolute atomic E-state index is 12.3. The van der Waals surface area contributed by atoms with E-state index in [0.717, 1.165) is 5.56 Å². The number of rotatable bonds is 5. The third kappa shape index (κ3) is 4.82. The molecule has 1 heterocycles. The van der Waals surface area contributed by atoms with E-state index in [9.17, 15) is 13.2 Å². The third-order valence-electron chi connectivity index (χ3n) is 4.21. The van der Waals surface area contributed by atoms with E-state index in [2.05, 4.69) is 5.32 Å². The minimum absolute atomic E-state index is 0.0991. The zero-order valence-corrected chi connectivity index (χ0v) is 14.9. The minimum Gasteiger partial charge on any atom is -0.455 e. The maximum Gasteiger partial charge on any atom is 0.224 e.